The zero-order chi connectivity index (χ0) is 13.3. The van der Waals surface area contributed by atoms with Crippen molar-refractivity contribution in [1.29, 1.82) is 0 Å². The van der Waals surface area contributed by atoms with Crippen molar-refractivity contribution in [2.75, 3.05) is 6.61 Å². The number of carbonyl (C=O) groups is 1. The minimum atomic E-state index is -4.47. The van der Waals surface area contributed by atoms with Crippen LogP contribution in [0, 0.1) is 11.8 Å². The van der Waals surface area contributed by atoms with Crippen molar-refractivity contribution in [3.8, 4) is 5.75 Å². The summed E-state index contributed by atoms with van der Waals surface area (Å²) in [6.45, 7) is 0.00403. The summed E-state index contributed by atoms with van der Waals surface area (Å²) in [7, 11) is 0. The van der Waals surface area contributed by atoms with Crippen LogP contribution in [0.25, 0.3) is 0 Å². The summed E-state index contributed by atoms with van der Waals surface area (Å²) >= 11 is 0. The standard InChI is InChI=1S/C12H11F3O3/c13-12(14,15)9-3-1-2-4-10(9)18-6-7-5-8(7)11(16)17/h1-4,7-8H,5-6H2,(H,16,17). The second-order valence-corrected chi connectivity index (χ2v) is 4.25. The van der Waals surface area contributed by atoms with E-state index in [4.69, 9.17) is 9.84 Å². The number of carboxylic acid groups (broad SMARTS) is 1. The number of halogens is 3. The van der Waals surface area contributed by atoms with Crippen LogP contribution >= 0.6 is 0 Å². The Morgan fingerprint density at radius 1 is 1.39 bits per heavy atom. The molecule has 98 valence electrons. The Kier molecular flexibility index (Phi) is 3.19. The van der Waals surface area contributed by atoms with Crippen molar-refractivity contribution in [2.45, 2.75) is 12.6 Å². The SMILES string of the molecule is O=C(O)C1CC1COc1ccccc1C(F)(F)F. The lowest BCUT2D eigenvalue weighted by molar-refractivity contribution is -0.140. The molecule has 1 saturated carbocycles. The van der Waals surface area contributed by atoms with Crippen molar-refractivity contribution in [1.82, 2.24) is 0 Å². The molecule has 0 heterocycles. The van der Waals surface area contributed by atoms with E-state index in [1.54, 1.807) is 0 Å². The normalized spacial score (nSPS) is 22.6. The fourth-order valence-electron chi connectivity index (χ4n) is 1.76. The summed E-state index contributed by atoms with van der Waals surface area (Å²) in [5, 5.41) is 8.67. The molecule has 18 heavy (non-hydrogen) atoms. The van der Waals surface area contributed by atoms with Crippen molar-refractivity contribution < 1.29 is 27.8 Å². The summed E-state index contributed by atoms with van der Waals surface area (Å²) in [4.78, 5) is 10.6. The molecule has 0 aliphatic heterocycles. The lowest BCUT2D eigenvalue weighted by atomic mass is 10.2. The van der Waals surface area contributed by atoms with Gasteiger partial charge in [0.15, 0.2) is 0 Å². The van der Waals surface area contributed by atoms with E-state index in [1.165, 1.54) is 18.2 Å². The van der Waals surface area contributed by atoms with E-state index in [1.807, 2.05) is 0 Å². The van der Waals surface area contributed by atoms with Crippen LogP contribution in [-0.2, 0) is 11.0 Å². The Bertz CT molecular complexity index is 456. The Morgan fingerprint density at radius 2 is 2.06 bits per heavy atom. The molecule has 0 radical (unpaired) electrons. The fourth-order valence-corrected chi connectivity index (χ4v) is 1.76. The number of hydrogen-bond acceptors (Lipinski definition) is 2. The molecule has 0 aromatic heterocycles. The third-order valence-electron chi connectivity index (χ3n) is 2.89. The van der Waals surface area contributed by atoms with Crippen LogP contribution in [-0.4, -0.2) is 17.7 Å². The molecule has 1 N–H and O–H groups in total. The first-order valence-corrected chi connectivity index (χ1v) is 5.41. The molecule has 0 saturated heterocycles. The molecular formula is C12H11F3O3. The molecule has 0 bridgehead atoms. The summed E-state index contributed by atoms with van der Waals surface area (Å²) in [5.41, 5.74) is -0.836. The largest absolute Gasteiger partial charge is 0.493 e. The first-order valence-electron chi connectivity index (χ1n) is 5.41. The van der Waals surface area contributed by atoms with Crippen LogP contribution in [0.3, 0.4) is 0 Å². The number of para-hydroxylation sites is 1. The molecule has 1 fully saturated rings. The number of carboxylic acids is 1. The highest BCUT2D eigenvalue weighted by Crippen LogP contribution is 2.40. The Labute approximate surface area is 101 Å². The number of hydrogen-bond donors (Lipinski definition) is 1. The molecule has 1 aromatic carbocycles. The van der Waals surface area contributed by atoms with E-state index in [2.05, 4.69) is 0 Å². The second-order valence-electron chi connectivity index (χ2n) is 4.25. The quantitative estimate of drug-likeness (QED) is 0.905. The number of aliphatic carboxylic acids is 1. The van der Waals surface area contributed by atoms with Gasteiger partial charge in [0.1, 0.15) is 5.75 Å². The van der Waals surface area contributed by atoms with Crippen LogP contribution in [0.1, 0.15) is 12.0 Å². The van der Waals surface area contributed by atoms with E-state index in [-0.39, 0.29) is 18.3 Å². The Balaban J connectivity index is 2.00. The highest BCUT2D eigenvalue weighted by Gasteiger charge is 2.44. The molecule has 0 amide bonds. The fraction of sp³-hybridized carbons (Fsp3) is 0.417. The van der Waals surface area contributed by atoms with Gasteiger partial charge in [-0.2, -0.15) is 13.2 Å². The van der Waals surface area contributed by atoms with Gasteiger partial charge in [-0.1, -0.05) is 12.1 Å². The maximum absolute atomic E-state index is 12.6. The van der Waals surface area contributed by atoms with Crippen molar-refractivity contribution in [3.05, 3.63) is 29.8 Å². The van der Waals surface area contributed by atoms with Gasteiger partial charge in [-0.05, 0) is 18.6 Å². The number of alkyl halides is 3. The average molecular weight is 260 g/mol. The van der Waals surface area contributed by atoms with E-state index in [9.17, 15) is 18.0 Å². The lowest BCUT2D eigenvalue weighted by Crippen LogP contribution is -2.11. The van der Waals surface area contributed by atoms with Crippen molar-refractivity contribution >= 4 is 5.97 Å². The molecule has 1 aromatic rings. The van der Waals surface area contributed by atoms with E-state index in [0.29, 0.717) is 6.42 Å². The molecule has 1 aliphatic carbocycles. The summed E-state index contributed by atoms with van der Waals surface area (Å²) in [6.07, 6.45) is -4.00. The van der Waals surface area contributed by atoms with E-state index >= 15 is 0 Å². The van der Waals surface area contributed by atoms with Gasteiger partial charge in [-0.15, -0.1) is 0 Å². The molecule has 6 heteroatoms. The third kappa shape index (κ3) is 2.75. The highest BCUT2D eigenvalue weighted by molar-refractivity contribution is 5.73. The molecule has 2 unspecified atom stereocenters. The van der Waals surface area contributed by atoms with Gasteiger partial charge in [-0.3, -0.25) is 4.79 Å². The van der Waals surface area contributed by atoms with E-state index in [0.717, 1.165) is 6.07 Å². The molecule has 2 atom stereocenters. The number of benzene rings is 1. The third-order valence-corrected chi connectivity index (χ3v) is 2.89. The highest BCUT2D eigenvalue weighted by atomic mass is 19.4. The minimum Gasteiger partial charge on any atom is -0.493 e. The topological polar surface area (TPSA) is 46.5 Å². The summed E-state index contributed by atoms with van der Waals surface area (Å²) in [6, 6.07) is 4.91. The maximum Gasteiger partial charge on any atom is 0.419 e. The van der Waals surface area contributed by atoms with Gasteiger partial charge in [0.25, 0.3) is 0 Å². The molecule has 1 aliphatic rings. The molecule has 2 rings (SSSR count). The van der Waals surface area contributed by atoms with E-state index < -0.39 is 23.6 Å². The summed E-state index contributed by atoms with van der Waals surface area (Å²) in [5.74, 6) is -1.85. The predicted molar refractivity (Wildman–Crippen MR) is 56.2 cm³/mol. The smallest absolute Gasteiger partial charge is 0.419 e. The van der Waals surface area contributed by atoms with Gasteiger partial charge in [0.05, 0.1) is 18.1 Å². The number of ether oxygens (including phenoxy) is 1. The van der Waals surface area contributed by atoms with Gasteiger partial charge in [-0.25, -0.2) is 0 Å². The molecule has 3 nitrogen and oxygen atoms in total. The van der Waals surface area contributed by atoms with Gasteiger partial charge >= 0.3 is 12.1 Å². The minimum absolute atomic E-state index is 0.00403. The lowest BCUT2D eigenvalue weighted by Gasteiger charge is -2.13. The van der Waals surface area contributed by atoms with Crippen LogP contribution in [0.2, 0.25) is 0 Å². The predicted octanol–water partition coefficient (Wildman–Crippen LogP) is 2.80. The average Bonchev–Trinajstić information content (AvgIpc) is 3.05. The van der Waals surface area contributed by atoms with Crippen LogP contribution in [0.4, 0.5) is 13.2 Å². The van der Waals surface area contributed by atoms with Crippen LogP contribution < -0.4 is 4.74 Å². The van der Waals surface area contributed by atoms with Gasteiger partial charge in [0.2, 0.25) is 0 Å². The molecular weight excluding hydrogens is 249 g/mol. The van der Waals surface area contributed by atoms with Crippen LogP contribution in [0.5, 0.6) is 5.75 Å². The first-order chi connectivity index (χ1) is 8.39. The number of rotatable bonds is 4. The van der Waals surface area contributed by atoms with Crippen LogP contribution in [0.15, 0.2) is 24.3 Å². The zero-order valence-corrected chi connectivity index (χ0v) is 9.28. The van der Waals surface area contributed by atoms with Gasteiger partial charge in [0, 0.05) is 5.92 Å². The van der Waals surface area contributed by atoms with Crippen molar-refractivity contribution in [2.24, 2.45) is 11.8 Å². The maximum atomic E-state index is 12.6. The summed E-state index contributed by atoms with van der Waals surface area (Å²) < 4.78 is 42.9. The Morgan fingerprint density at radius 3 is 2.61 bits per heavy atom. The van der Waals surface area contributed by atoms with Gasteiger partial charge < -0.3 is 9.84 Å². The zero-order valence-electron chi connectivity index (χ0n) is 9.28. The van der Waals surface area contributed by atoms with Crippen molar-refractivity contribution in [3.63, 3.8) is 0 Å². The first kappa shape index (κ1) is 12.7. The second kappa shape index (κ2) is 4.51. The monoisotopic (exact) mass is 260 g/mol. The Hall–Kier alpha value is -1.72. The molecule has 0 spiro atoms.